The summed E-state index contributed by atoms with van der Waals surface area (Å²) in [5, 5.41) is 3.04. The van der Waals surface area contributed by atoms with Crippen molar-refractivity contribution >= 4 is 5.91 Å². The molecule has 1 N–H and O–H groups in total. The lowest BCUT2D eigenvalue weighted by Gasteiger charge is -2.32. The number of nitrogens with one attached hydrogen (secondary N) is 1. The molecule has 4 heteroatoms. The Hall–Kier alpha value is -1.55. The van der Waals surface area contributed by atoms with Gasteiger partial charge in [0.25, 0.3) is 0 Å². The van der Waals surface area contributed by atoms with Gasteiger partial charge in [0.15, 0.2) is 0 Å². The highest BCUT2D eigenvalue weighted by molar-refractivity contribution is 5.76. The number of carbonyl (C=O) groups is 1. The third kappa shape index (κ3) is 5.87. The molecule has 1 heterocycles. The molecule has 0 bridgehead atoms. The molecule has 23 heavy (non-hydrogen) atoms. The Morgan fingerprint density at radius 2 is 1.96 bits per heavy atom. The summed E-state index contributed by atoms with van der Waals surface area (Å²) in [5.41, 5.74) is 1.38. The Balaban J connectivity index is 1.69. The maximum atomic E-state index is 12.0. The predicted molar refractivity (Wildman–Crippen MR) is 93.8 cm³/mol. The van der Waals surface area contributed by atoms with Gasteiger partial charge in [-0.2, -0.15) is 0 Å². The molecule has 0 saturated carbocycles. The zero-order chi connectivity index (χ0) is 16.5. The highest BCUT2D eigenvalue weighted by Gasteiger charge is 2.22. The minimum absolute atomic E-state index is 0.296. The maximum Gasteiger partial charge on any atom is 0.223 e. The zero-order valence-electron chi connectivity index (χ0n) is 14.5. The summed E-state index contributed by atoms with van der Waals surface area (Å²) >= 11 is 0. The number of piperidine rings is 1. The van der Waals surface area contributed by atoms with E-state index in [9.17, 15) is 4.79 Å². The molecule has 1 aromatic carbocycles. The van der Waals surface area contributed by atoms with Crippen molar-refractivity contribution in [2.24, 2.45) is 5.92 Å². The van der Waals surface area contributed by atoms with E-state index in [1.165, 1.54) is 12.0 Å². The van der Waals surface area contributed by atoms with Crippen molar-refractivity contribution < 1.29 is 9.53 Å². The van der Waals surface area contributed by atoms with Crippen LogP contribution in [0.25, 0.3) is 0 Å². The molecule has 1 aliphatic rings. The van der Waals surface area contributed by atoms with Gasteiger partial charge in [0.05, 0.1) is 6.61 Å². The van der Waals surface area contributed by atoms with Crippen LogP contribution >= 0.6 is 0 Å². The van der Waals surface area contributed by atoms with E-state index in [1.54, 1.807) is 0 Å². The largest absolute Gasteiger partial charge is 0.494 e. The lowest BCUT2D eigenvalue weighted by Crippen LogP contribution is -2.39. The van der Waals surface area contributed by atoms with Crippen LogP contribution in [0.15, 0.2) is 24.3 Å². The van der Waals surface area contributed by atoms with Crippen LogP contribution < -0.4 is 10.1 Å². The third-order valence-corrected chi connectivity index (χ3v) is 4.63. The van der Waals surface area contributed by atoms with Gasteiger partial charge in [-0.3, -0.25) is 4.79 Å². The van der Waals surface area contributed by atoms with Crippen molar-refractivity contribution in [3.63, 3.8) is 0 Å². The van der Waals surface area contributed by atoms with Gasteiger partial charge in [-0.15, -0.1) is 0 Å². The molecule has 128 valence electrons. The van der Waals surface area contributed by atoms with Crippen molar-refractivity contribution in [2.45, 2.75) is 39.0 Å². The van der Waals surface area contributed by atoms with Crippen LogP contribution in [0.5, 0.6) is 5.75 Å². The molecular formula is C19H30N2O2. The highest BCUT2D eigenvalue weighted by Crippen LogP contribution is 2.23. The average molecular weight is 318 g/mol. The standard InChI is InChI=1S/C19H30N2O2/c1-3-23-18-8-6-16(7-9-18)4-5-17-11-14-21(15-12-17)19(22)10-13-20-2/h6-9,17,20H,3-5,10-15H2,1-2H3. The second kappa shape index (κ2) is 9.56. The third-order valence-electron chi connectivity index (χ3n) is 4.63. The summed E-state index contributed by atoms with van der Waals surface area (Å²) < 4.78 is 5.48. The van der Waals surface area contributed by atoms with E-state index in [0.29, 0.717) is 18.9 Å². The van der Waals surface area contributed by atoms with Crippen molar-refractivity contribution in [1.29, 1.82) is 0 Å². The SMILES string of the molecule is CCOc1ccc(CCC2CCN(C(=O)CCNC)CC2)cc1. The monoisotopic (exact) mass is 318 g/mol. The number of hydrogen-bond acceptors (Lipinski definition) is 3. The summed E-state index contributed by atoms with van der Waals surface area (Å²) in [5.74, 6) is 1.99. The molecule has 1 aromatic rings. The van der Waals surface area contributed by atoms with Crippen LogP contribution in [0.3, 0.4) is 0 Å². The molecule has 4 nitrogen and oxygen atoms in total. The van der Waals surface area contributed by atoms with Gasteiger partial charge in [0, 0.05) is 26.1 Å². The van der Waals surface area contributed by atoms with E-state index in [1.807, 2.05) is 18.9 Å². The molecule has 0 radical (unpaired) electrons. The molecule has 0 atom stereocenters. The summed E-state index contributed by atoms with van der Waals surface area (Å²) in [4.78, 5) is 14.0. The van der Waals surface area contributed by atoms with Gasteiger partial charge >= 0.3 is 0 Å². The van der Waals surface area contributed by atoms with Crippen molar-refractivity contribution in [3.8, 4) is 5.75 Å². The van der Waals surface area contributed by atoms with E-state index in [2.05, 4.69) is 29.6 Å². The number of likely N-dealkylation sites (tertiary alicyclic amines) is 1. The Bertz CT molecular complexity index is 465. The van der Waals surface area contributed by atoms with Gasteiger partial charge in [-0.25, -0.2) is 0 Å². The molecule has 1 fully saturated rings. The number of aryl methyl sites for hydroxylation is 1. The average Bonchev–Trinajstić information content (AvgIpc) is 2.60. The van der Waals surface area contributed by atoms with E-state index >= 15 is 0 Å². The number of ether oxygens (including phenoxy) is 1. The fraction of sp³-hybridized carbons (Fsp3) is 0.632. The first-order chi connectivity index (χ1) is 11.2. The second-order valence-electron chi connectivity index (χ2n) is 6.29. The van der Waals surface area contributed by atoms with Crippen LogP contribution in [-0.2, 0) is 11.2 Å². The number of amides is 1. The number of hydrogen-bond donors (Lipinski definition) is 1. The minimum Gasteiger partial charge on any atom is -0.494 e. The van der Waals surface area contributed by atoms with E-state index < -0.39 is 0 Å². The first kappa shape index (κ1) is 17.8. The van der Waals surface area contributed by atoms with Crippen LogP contribution in [0.4, 0.5) is 0 Å². The topological polar surface area (TPSA) is 41.6 Å². The smallest absolute Gasteiger partial charge is 0.223 e. The zero-order valence-corrected chi connectivity index (χ0v) is 14.5. The van der Waals surface area contributed by atoms with Gasteiger partial charge in [0.2, 0.25) is 5.91 Å². The predicted octanol–water partition coefficient (Wildman–Crippen LogP) is 2.87. The Labute approximate surface area is 140 Å². The number of rotatable bonds is 8. The van der Waals surface area contributed by atoms with E-state index in [4.69, 9.17) is 4.74 Å². The van der Waals surface area contributed by atoms with Crippen molar-refractivity contribution in [2.75, 3.05) is 33.3 Å². The highest BCUT2D eigenvalue weighted by atomic mass is 16.5. The molecule has 1 amide bonds. The van der Waals surface area contributed by atoms with Gasteiger partial charge in [0.1, 0.15) is 5.75 Å². The molecular weight excluding hydrogens is 288 g/mol. The molecule has 0 unspecified atom stereocenters. The molecule has 0 aromatic heterocycles. The molecule has 2 rings (SSSR count). The second-order valence-corrected chi connectivity index (χ2v) is 6.29. The summed E-state index contributed by atoms with van der Waals surface area (Å²) in [6.45, 7) is 5.35. The van der Waals surface area contributed by atoms with Gasteiger partial charge in [-0.1, -0.05) is 12.1 Å². The number of carbonyl (C=O) groups excluding carboxylic acids is 1. The first-order valence-electron chi connectivity index (χ1n) is 8.87. The Morgan fingerprint density at radius 3 is 2.57 bits per heavy atom. The summed E-state index contributed by atoms with van der Waals surface area (Å²) in [7, 11) is 1.89. The first-order valence-corrected chi connectivity index (χ1v) is 8.87. The number of nitrogens with zero attached hydrogens (tertiary/aromatic N) is 1. The van der Waals surface area contributed by atoms with E-state index in [0.717, 1.165) is 50.6 Å². The van der Waals surface area contributed by atoms with Crippen LogP contribution in [0.2, 0.25) is 0 Å². The molecule has 0 spiro atoms. The lowest BCUT2D eigenvalue weighted by atomic mass is 9.90. The molecule has 1 aliphatic heterocycles. The van der Waals surface area contributed by atoms with Crippen molar-refractivity contribution in [1.82, 2.24) is 10.2 Å². The fourth-order valence-electron chi connectivity index (χ4n) is 3.15. The van der Waals surface area contributed by atoms with Crippen LogP contribution in [-0.4, -0.2) is 44.1 Å². The van der Waals surface area contributed by atoms with Crippen LogP contribution in [0.1, 0.15) is 38.2 Å². The van der Waals surface area contributed by atoms with Gasteiger partial charge < -0.3 is 15.0 Å². The maximum absolute atomic E-state index is 12.0. The Morgan fingerprint density at radius 1 is 1.26 bits per heavy atom. The van der Waals surface area contributed by atoms with Gasteiger partial charge in [-0.05, 0) is 63.3 Å². The minimum atomic E-state index is 0.296. The Kier molecular flexibility index (Phi) is 7.40. The van der Waals surface area contributed by atoms with Crippen molar-refractivity contribution in [3.05, 3.63) is 29.8 Å². The van der Waals surface area contributed by atoms with E-state index in [-0.39, 0.29) is 0 Å². The lowest BCUT2D eigenvalue weighted by molar-refractivity contribution is -0.132. The van der Waals surface area contributed by atoms with Crippen LogP contribution in [0, 0.1) is 5.92 Å². The fourth-order valence-corrected chi connectivity index (χ4v) is 3.15. The molecule has 1 saturated heterocycles. The quantitative estimate of drug-likeness (QED) is 0.801. The number of benzene rings is 1. The molecule has 0 aliphatic carbocycles. The summed E-state index contributed by atoms with van der Waals surface area (Å²) in [6.07, 6.45) is 5.23. The normalized spacial score (nSPS) is 15.7. The summed E-state index contributed by atoms with van der Waals surface area (Å²) in [6, 6.07) is 8.45.